The molecule has 0 saturated heterocycles. The van der Waals surface area contributed by atoms with Crippen molar-refractivity contribution in [2.75, 3.05) is 20.7 Å². The minimum Gasteiger partial charge on any atom is -0.496 e. The van der Waals surface area contributed by atoms with E-state index in [4.69, 9.17) is 4.74 Å². The lowest BCUT2D eigenvalue weighted by Crippen LogP contribution is -2.52. The Hall–Kier alpha value is -2.53. The van der Waals surface area contributed by atoms with Gasteiger partial charge in [-0.15, -0.1) is 0 Å². The molecule has 27 heavy (non-hydrogen) atoms. The second kappa shape index (κ2) is 9.97. The van der Waals surface area contributed by atoms with Crippen LogP contribution >= 0.6 is 0 Å². The number of hydrogen-bond acceptors (Lipinski definition) is 3. The first-order valence-electron chi connectivity index (χ1n) is 9.34. The third-order valence-electron chi connectivity index (χ3n) is 4.47. The van der Waals surface area contributed by atoms with Gasteiger partial charge in [-0.3, -0.25) is 4.99 Å². The average Bonchev–Trinajstić information content (AvgIpc) is 2.68. The molecular weight excluding hydrogens is 336 g/mol. The second-order valence-corrected chi connectivity index (χ2v) is 7.25. The smallest absolute Gasteiger partial charge is 0.191 e. The van der Waals surface area contributed by atoms with Crippen molar-refractivity contribution in [2.45, 2.75) is 38.9 Å². The monoisotopic (exact) mass is 368 g/mol. The molecule has 0 bridgehead atoms. The second-order valence-electron chi connectivity index (χ2n) is 7.25. The number of aliphatic imine (C=N–C) groups is 1. The molecule has 0 amide bonds. The van der Waals surface area contributed by atoms with Crippen molar-refractivity contribution in [3.05, 3.63) is 65.7 Å². The number of nitrogens with zero attached hydrogens (tertiary/aromatic N) is 1. The van der Waals surface area contributed by atoms with Gasteiger partial charge in [-0.25, -0.2) is 0 Å². The topological polar surface area (TPSA) is 57.7 Å². The summed E-state index contributed by atoms with van der Waals surface area (Å²) in [6.07, 6.45) is 0. The third kappa shape index (κ3) is 6.61. The summed E-state index contributed by atoms with van der Waals surface area (Å²) in [4.78, 5) is 4.32. The highest BCUT2D eigenvalue weighted by atomic mass is 16.5. The molecule has 0 saturated carbocycles. The first kappa shape index (κ1) is 20.8. The highest BCUT2D eigenvalue weighted by molar-refractivity contribution is 5.79. The maximum atomic E-state index is 5.40. The fraction of sp³-hybridized carbons (Fsp3) is 0.409. The van der Waals surface area contributed by atoms with Crippen molar-refractivity contribution in [1.29, 1.82) is 0 Å². The molecule has 0 spiro atoms. The van der Waals surface area contributed by atoms with Crippen LogP contribution in [0.3, 0.4) is 0 Å². The summed E-state index contributed by atoms with van der Waals surface area (Å²) >= 11 is 0. The molecule has 0 aromatic heterocycles. The van der Waals surface area contributed by atoms with Gasteiger partial charge in [0, 0.05) is 37.3 Å². The van der Waals surface area contributed by atoms with E-state index in [0.717, 1.165) is 23.8 Å². The lowest BCUT2D eigenvalue weighted by atomic mass is 10.0. The summed E-state index contributed by atoms with van der Waals surface area (Å²) in [6.45, 7) is 7.96. The van der Waals surface area contributed by atoms with Crippen LogP contribution in [0.25, 0.3) is 0 Å². The number of ether oxygens (including phenoxy) is 1. The molecule has 5 heteroatoms. The van der Waals surface area contributed by atoms with Gasteiger partial charge in [0.2, 0.25) is 0 Å². The van der Waals surface area contributed by atoms with Gasteiger partial charge in [0.15, 0.2) is 5.96 Å². The van der Waals surface area contributed by atoms with Gasteiger partial charge < -0.3 is 20.7 Å². The molecule has 0 aliphatic carbocycles. The van der Waals surface area contributed by atoms with Crippen LogP contribution in [-0.4, -0.2) is 32.2 Å². The number of methoxy groups -OCH3 is 1. The molecule has 2 rings (SSSR count). The van der Waals surface area contributed by atoms with E-state index in [0.29, 0.717) is 6.54 Å². The van der Waals surface area contributed by atoms with Crippen molar-refractivity contribution < 1.29 is 4.74 Å². The zero-order valence-corrected chi connectivity index (χ0v) is 17.0. The van der Waals surface area contributed by atoms with Gasteiger partial charge in [-0.05, 0) is 32.4 Å². The predicted molar refractivity (Wildman–Crippen MR) is 113 cm³/mol. The molecule has 0 aliphatic rings. The van der Waals surface area contributed by atoms with E-state index in [1.54, 1.807) is 14.2 Å². The van der Waals surface area contributed by atoms with Crippen LogP contribution in [0.4, 0.5) is 0 Å². The summed E-state index contributed by atoms with van der Waals surface area (Å²) in [5.41, 5.74) is 2.28. The van der Waals surface area contributed by atoms with E-state index < -0.39 is 0 Å². The van der Waals surface area contributed by atoms with Crippen molar-refractivity contribution in [1.82, 2.24) is 16.0 Å². The molecule has 1 unspecified atom stereocenters. The molecule has 1 atom stereocenters. The predicted octanol–water partition coefficient (Wildman–Crippen LogP) is 3.49. The maximum absolute atomic E-state index is 5.40. The summed E-state index contributed by atoms with van der Waals surface area (Å²) in [6, 6.07) is 18.7. The maximum Gasteiger partial charge on any atom is 0.191 e. The Labute approximate surface area is 163 Å². The zero-order valence-electron chi connectivity index (χ0n) is 17.0. The standard InChI is InChI=1S/C22H32N4O/c1-17(18-11-7-6-8-12-18)26-22(2,3)16-25-21(23-4)24-15-19-13-9-10-14-20(19)27-5/h6-14,17,26H,15-16H2,1-5H3,(H2,23,24,25). The number of rotatable bonds is 8. The minimum atomic E-state index is -0.0999. The first-order valence-corrected chi connectivity index (χ1v) is 9.34. The molecule has 146 valence electrons. The van der Waals surface area contributed by atoms with Crippen molar-refractivity contribution in [2.24, 2.45) is 4.99 Å². The number of nitrogens with one attached hydrogen (secondary N) is 3. The Morgan fingerprint density at radius 3 is 2.37 bits per heavy atom. The Balaban J connectivity index is 1.87. The Bertz CT molecular complexity index is 728. The molecule has 0 fully saturated rings. The lowest BCUT2D eigenvalue weighted by molar-refractivity contribution is 0.344. The van der Waals surface area contributed by atoms with Gasteiger partial charge in [-0.1, -0.05) is 48.5 Å². The van der Waals surface area contributed by atoms with Gasteiger partial charge in [0.25, 0.3) is 0 Å². The fourth-order valence-electron chi connectivity index (χ4n) is 3.02. The molecule has 2 aromatic carbocycles. The Morgan fingerprint density at radius 2 is 1.70 bits per heavy atom. The normalized spacial score (nSPS) is 13.1. The van der Waals surface area contributed by atoms with E-state index in [-0.39, 0.29) is 11.6 Å². The van der Waals surface area contributed by atoms with Gasteiger partial charge >= 0.3 is 0 Å². The molecule has 2 aromatic rings. The molecule has 0 heterocycles. The van der Waals surface area contributed by atoms with Gasteiger partial charge in [0.1, 0.15) is 5.75 Å². The fourth-order valence-corrected chi connectivity index (χ4v) is 3.02. The molecule has 3 N–H and O–H groups in total. The largest absolute Gasteiger partial charge is 0.496 e. The van der Waals surface area contributed by atoms with E-state index in [9.17, 15) is 0 Å². The van der Waals surface area contributed by atoms with Gasteiger partial charge in [0.05, 0.1) is 7.11 Å². The number of guanidine groups is 1. The SMILES string of the molecule is CN=C(NCc1ccccc1OC)NCC(C)(C)NC(C)c1ccccc1. The quantitative estimate of drug-likeness (QED) is 0.493. The van der Waals surface area contributed by atoms with Crippen LogP contribution < -0.4 is 20.7 Å². The van der Waals surface area contributed by atoms with Crippen molar-refractivity contribution in [3.63, 3.8) is 0 Å². The zero-order chi connectivity index (χ0) is 19.7. The van der Waals surface area contributed by atoms with Crippen molar-refractivity contribution >= 4 is 5.96 Å². The summed E-state index contributed by atoms with van der Waals surface area (Å²) in [5, 5.41) is 10.4. The molecule has 5 nitrogen and oxygen atoms in total. The van der Waals surface area contributed by atoms with Crippen LogP contribution in [0, 0.1) is 0 Å². The number of benzene rings is 2. The summed E-state index contributed by atoms with van der Waals surface area (Å²) in [5.74, 6) is 1.64. The van der Waals surface area contributed by atoms with E-state index in [2.05, 4.69) is 66.0 Å². The Kier molecular flexibility index (Phi) is 7.67. The van der Waals surface area contributed by atoms with E-state index >= 15 is 0 Å². The highest BCUT2D eigenvalue weighted by Gasteiger charge is 2.21. The van der Waals surface area contributed by atoms with Crippen LogP contribution in [0.2, 0.25) is 0 Å². The van der Waals surface area contributed by atoms with E-state index in [1.165, 1.54) is 5.56 Å². The molecule has 0 radical (unpaired) electrons. The van der Waals surface area contributed by atoms with Gasteiger partial charge in [-0.2, -0.15) is 0 Å². The third-order valence-corrected chi connectivity index (χ3v) is 4.47. The van der Waals surface area contributed by atoms with Crippen LogP contribution in [0.1, 0.15) is 37.9 Å². The molecular formula is C22H32N4O. The van der Waals surface area contributed by atoms with E-state index in [1.807, 2.05) is 30.3 Å². The summed E-state index contributed by atoms with van der Waals surface area (Å²) in [7, 11) is 3.47. The highest BCUT2D eigenvalue weighted by Crippen LogP contribution is 2.17. The molecule has 0 aliphatic heterocycles. The van der Waals surface area contributed by atoms with Crippen LogP contribution in [0.15, 0.2) is 59.6 Å². The first-order chi connectivity index (χ1) is 12.9. The minimum absolute atomic E-state index is 0.0999. The average molecular weight is 369 g/mol. The Morgan fingerprint density at radius 1 is 1.04 bits per heavy atom. The van der Waals surface area contributed by atoms with Crippen LogP contribution in [0.5, 0.6) is 5.75 Å². The van der Waals surface area contributed by atoms with Crippen molar-refractivity contribution in [3.8, 4) is 5.75 Å². The lowest BCUT2D eigenvalue weighted by Gasteiger charge is -2.31. The number of para-hydroxylation sites is 1. The summed E-state index contributed by atoms with van der Waals surface area (Å²) < 4.78 is 5.40. The van der Waals surface area contributed by atoms with Crippen LogP contribution in [-0.2, 0) is 6.54 Å². The number of hydrogen-bond donors (Lipinski definition) is 3.